The summed E-state index contributed by atoms with van der Waals surface area (Å²) in [4.78, 5) is 12.2. The van der Waals surface area contributed by atoms with Crippen molar-refractivity contribution in [1.29, 1.82) is 0 Å². The smallest absolute Gasteiger partial charge is 0.348 e. The Hall–Kier alpha value is -1.26. The molecule has 1 aromatic carbocycles. The lowest BCUT2D eigenvalue weighted by Crippen LogP contribution is -1.96. The van der Waals surface area contributed by atoms with Crippen LogP contribution in [0.4, 0.5) is 0 Å². The molecule has 0 atom stereocenters. The summed E-state index contributed by atoms with van der Waals surface area (Å²) in [5, 5.41) is 0. The molecule has 0 aliphatic heterocycles. The summed E-state index contributed by atoms with van der Waals surface area (Å²) in [5.41, 5.74) is 2.23. The second kappa shape index (κ2) is 5.38. The largest absolute Gasteiger partial charge is 0.465 e. The summed E-state index contributed by atoms with van der Waals surface area (Å²) in [7, 11) is 1.41. The number of carbonyl (C=O) groups excluding carboxylic acids is 1. The zero-order valence-electron chi connectivity index (χ0n) is 9.60. The number of thioether (sulfide) groups is 1. The lowest BCUT2D eigenvalue weighted by Gasteiger charge is -1.99. The normalized spacial score (nSPS) is 10.2. The molecular weight excluding hydrogens is 252 g/mol. The molecule has 0 aliphatic rings. The van der Waals surface area contributed by atoms with Crippen molar-refractivity contribution in [2.45, 2.75) is 4.21 Å². The second-order valence-corrected chi connectivity index (χ2v) is 5.50. The van der Waals surface area contributed by atoms with Crippen LogP contribution in [0.25, 0.3) is 11.1 Å². The van der Waals surface area contributed by atoms with Crippen molar-refractivity contribution in [3.63, 3.8) is 0 Å². The third-order valence-corrected chi connectivity index (χ3v) is 4.61. The van der Waals surface area contributed by atoms with Gasteiger partial charge in [0.25, 0.3) is 0 Å². The molecule has 0 saturated heterocycles. The number of rotatable bonds is 3. The fraction of sp³-hybridized carbons (Fsp3) is 0.154. The Kier molecular flexibility index (Phi) is 3.86. The fourth-order valence-electron chi connectivity index (χ4n) is 1.55. The van der Waals surface area contributed by atoms with Crippen LogP contribution in [-0.4, -0.2) is 19.3 Å². The van der Waals surface area contributed by atoms with E-state index in [0.29, 0.717) is 4.88 Å². The van der Waals surface area contributed by atoms with Crippen LogP contribution in [-0.2, 0) is 4.74 Å². The van der Waals surface area contributed by atoms with Crippen LogP contribution in [0.3, 0.4) is 0 Å². The van der Waals surface area contributed by atoms with Gasteiger partial charge in [-0.05, 0) is 17.9 Å². The van der Waals surface area contributed by atoms with Gasteiger partial charge in [0.1, 0.15) is 4.88 Å². The number of methoxy groups -OCH3 is 1. The van der Waals surface area contributed by atoms with Gasteiger partial charge in [-0.1, -0.05) is 30.3 Å². The van der Waals surface area contributed by atoms with Crippen LogP contribution in [0.5, 0.6) is 0 Å². The van der Waals surface area contributed by atoms with Crippen molar-refractivity contribution in [2.24, 2.45) is 0 Å². The monoisotopic (exact) mass is 264 g/mol. The summed E-state index contributed by atoms with van der Waals surface area (Å²) in [6.45, 7) is 0. The molecule has 1 aromatic heterocycles. The van der Waals surface area contributed by atoms with E-state index >= 15 is 0 Å². The maximum atomic E-state index is 11.5. The zero-order valence-corrected chi connectivity index (χ0v) is 11.2. The van der Waals surface area contributed by atoms with Crippen molar-refractivity contribution >= 4 is 29.1 Å². The number of hydrogen-bond acceptors (Lipinski definition) is 4. The van der Waals surface area contributed by atoms with E-state index < -0.39 is 0 Å². The van der Waals surface area contributed by atoms with Gasteiger partial charge in [0.2, 0.25) is 0 Å². The Morgan fingerprint density at radius 1 is 1.29 bits per heavy atom. The minimum absolute atomic E-state index is 0.271. The van der Waals surface area contributed by atoms with Crippen LogP contribution in [0, 0.1) is 0 Å². The summed E-state index contributed by atoms with van der Waals surface area (Å²) in [5.74, 6) is -0.271. The summed E-state index contributed by atoms with van der Waals surface area (Å²) in [6.07, 6.45) is 2.01. The number of hydrogen-bond donors (Lipinski definition) is 0. The standard InChI is InChI=1S/C13H12O2S2/c1-15-12(14)11-8-10(13(16-2)17-11)9-6-4-3-5-7-9/h3-8H,1-2H3. The van der Waals surface area contributed by atoms with Crippen molar-refractivity contribution < 1.29 is 9.53 Å². The SMILES string of the molecule is COC(=O)c1cc(-c2ccccc2)c(SC)s1. The molecule has 2 nitrogen and oxygen atoms in total. The van der Waals surface area contributed by atoms with Crippen LogP contribution in [0.2, 0.25) is 0 Å². The van der Waals surface area contributed by atoms with Gasteiger partial charge in [-0.2, -0.15) is 0 Å². The third-order valence-electron chi connectivity index (χ3n) is 2.35. The predicted octanol–water partition coefficient (Wildman–Crippen LogP) is 3.92. The number of benzene rings is 1. The van der Waals surface area contributed by atoms with Crippen molar-refractivity contribution in [3.05, 3.63) is 41.3 Å². The van der Waals surface area contributed by atoms with E-state index in [-0.39, 0.29) is 5.97 Å². The average molecular weight is 264 g/mol. The molecule has 4 heteroatoms. The highest BCUT2D eigenvalue weighted by atomic mass is 32.2. The topological polar surface area (TPSA) is 26.3 Å². The molecule has 2 rings (SSSR count). The second-order valence-electron chi connectivity index (χ2n) is 3.37. The Morgan fingerprint density at radius 2 is 2.00 bits per heavy atom. The third kappa shape index (κ3) is 2.53. The van der Waals surface area contributed by atoms with Gasteiger partial charge in [-0.25, -0.2) is 4.79 Å². The number of thiophene rings is 1. The van der Waals surface area contributed by atoms with E-state index in [2.05, 4.69) is 0 Å². The fourth-order valence-corrected chi connectivity index (χ4v) is 3.38. The molecule has 2 aromatic rings. The Morgan fingerprint density at radius 3 is 2.59 bits per heavy atom. The maximum absolute atomic E-state index is 11.5. The van der Waals surface area contributed by atoms with Gasteiger partial charge in [-0.3, -0.25) is 0 Å². The molecule has 0 spiro atoms. The molecule has 0 aliphatic carbocycles. The molecule has 0 radical (unpaired) electrons. The molecule has 0 amide bonds. The number of esters is 1. The van der Waals surface area contributed by atoms with E-state index in [1.165, 1.54) is 18.4 Å². The minimum atomic E-state index is -0.271. The van der Waals surface area contributed by atoms with Crippen LogP contribution in [0.15, 0.2) is 40.6 Å². The molecule has 0 N–H and O–H groups in total. The highest BCUT2D eigenvalue weighted by Gasteiger charge is 2.15. The molecule has 0 unspecified atom stereocenters. The van der Waals surface area contributed by atoms with Crippen LogP contribution < -0.4 is 0 Å². The molecule has 88 valence electrons. The molecular formula is C13H12O2S2. The minimum Gasteiger partial charge on any atom is -0.465 e. The molecule has 17 heavy (non-hydrogen) atoms. The van der Waals surface area contributed by atoms with Crippen LogP contribution >= 0.6 is 23.1 Å². The lowest BCUT2D eigenvalue weighted by molar-refractivity contribution is 0.0606. The van der Waals surface area contributed by atoms with Gasteiger partial charge in [0.05, 0.1) is 11.3 Å². The van der Waals surface area contributed by atoms with E-state index in [4.69, 9.17) is 4.74 Å². The van der Waals surface area contributed by atoms with Crippen molar-refractivity contribution in [2.75, 3.05) is 13.4 Å². The molecule has 1 heterocycles. The Labute approximate surface area is 109 Å². The Bertz CT molecular complexity index is 517. The molecule has 0 fully saturated rings. The summed E-state index contributed by atoms with van der Waals surface area (Å²) in [6, 6.07) is 12.0. The summed E-state index contributed by atoms with van der Waals surface area (Å²) >= 11 is 3.13. The first-order chi connectivity index (χ1) is 8.26. The average Bonchev–Trinajstić information content (AvgIpc) is 2.83. The zero-order chi connectivity index (χ0) is 12.3. The molecule has 0 saturated carbocycles. The molecule has 0 bridgehead atoms. The van der Waals surface area contributed by atoms with E-state index in [9.17, 15) is 4.79 Å². The first-order valence-corrected chi connectivity index (χ1v) is 7.12. The first-order valence-electron chi connectivity index (χ1n) is 5.08. The van der Waals surface area contributed by atoms with Gasteiger partial charge in [0.15, 0.2) is 0 Å². The van der Waals surface area contributed by atoms with Gasteiger partial charge >= 0.3 is 5.97 Å². The highest BCUT2D eigenvalue weighted by molar-refractivity contribution is 8.00. The van der Waals surface area contributed by atoms with E-state index in [0.717, 1.165) is 15.3 Å². The van der Waals surface area contributed by atoms with Gasteiger partial charge in [0, 0.05) is 5.56 Å². The highest BCUT2D eigenvalue weighted by Crippen LogP contribution is 2.37. The van der Waals surface area contributed by atoms with Crippen LogP contribution in [0.1, 0.15) is 9.67 Å². The van der Waals surface area contributed by atoms with Crippen molar-refractivity contribution in [1.82, 2.24) is 0 Å². The number of carbonyl (C=O) groups is 1. The maximum Gasteiger partial charge on any atom is 0.348 e. The van der Waals surface area contributed by atoms with Crippen molar-refractivity contribution in [3.8, 4) is 11.1 Å². The van der Waals surface area contributed by atoms with Gasteiger partial charge < -0.3 is 4.74 Å². The Balaban J connectivity index is 2.47. The predicted molar refractivity (Wildman–Crippen MR) is 72.9 cm³/mol. The van der Waals surface area contributed by atoms with E-state index in [1.807, 2.05) is 42.7 Å². The van der Waals surface area contributed by atoms with E-state index in [1.54, 1.807) is 11.8 Å². The number of ether oxygens (including phenoxy) is 1. The first kappa shape index (κ1) is 12.2. The summed E-state index contributed by atoms with van der Waals surface area (Å²) < 4.78 is 5.88. The van der Waals surface area contributed by atoms with Gasteiger partial charge in [-0.15, -0.1) is 23.1 Å². The quantitative estimate of drug-likeness (QED) is 0.621. The lowest BCUT2D eigenvalue weighted by atomic mass is 10.1.